The van der Waals surface area contributed by atoms with Crippen LogP contribution in [0.4, 0.5) is 0 Å². The Morgan fingerprint density at radius 3 is 2.86 bits per heavy atom. The van der Waals surface area contributed by atoms with Crippen molar-refractivity contribution in [3.05, 3.63) is 52.2 Å². The summed E-state index contributed by atoms with van der Waals surface area (Å²) in [6.07, 6.45) is 5.27. The van der Waals surface area contributed by atoms with Gasteiger partial charge in [0.1, 0.15) is 5.75 Å². The fourth-order valence-electron chi connectivity index (χ4n) is 3.21. The minimum atomic E-state index is 0.567. The lowest BCUT2D eigenvalue weighted by atomic mass is 10.1. The summed E-state index contributed by atoms with van der Waals surface area (Å²) in [5, 5.41) is 2.20. The van der Waals surface area contributed by atoms with Crippen molar-refractivity contribution in [3.8, 4) is 5.75 Å². The van der Waals surface area contributed by atoms with Gasteiger partial charge in [0.15, 0.2) is 0 Å². The molecule has 1 unspecified atom stereocenters. The van der Waals surface area contributed by atoms with E-state index in [1.165, 1.54) is 42.7 Å². The highest BCUT2D eigenvalue weighted by molar-refractivity contribution is 7.10. The summed E-state index contributed by atoms with van der Waals surface area (Å²) in [5.74, 6) is 1.01. The number of methoxy groups -OCH3 is 1. The zero-order valence-corrected chi connectivity index (χ0v) is 13.4. The molecule has 1 fully saturated rings. The van der Waals surface area contributed by atoms with Crippen LogP contribution < -0.4 is 4.74 Å². The molecule has 2 nitrogen and oxygen atoms in total. The Morgan fingerprint density at radius 1 is 1.14 bits per heavy atom. The molecular formula is C18H23NOS. The van der Waals surface area contributed by atoms with Crippen molar-refractivity contribution >= 4 is 11.3 Å². The van der Waals surface area contributed by atoms with Crippen LogP contribution in [-0.4, -0.2) is 18.6 Å². The van der Waals surface area contributed by atoms with Crippen LogP contribution in [0.15, 0.2) is 41.8 Å². The zero-order chi connectivity index (χ0) is 14.5. The van der Waals surface area contributed by atoms with Gasteiger partial charge in [-0.2, -0.15) is 0 Å². The molecule has 1 aromatic heterocycles. The Bertz CT molecular complexity index is 552. The van der Waals surface area contributed by atoms with E-state index in [9.17, 15) is 0 Å². The molecular weight excluding hydrogens is 278 g/mol. The minimum absolute atomic E-state index is 0.567. The smallest absolute Gasteiger partial charge is 0.123 e. The molecule has 0 bridgehead atoms. The maximum atomic E-state index is 5.52. The number of para-hydroxylation sites is 1. The average Bonchev–Trinajstić information content (AvgIpc) is 2.95. The standard InChI is InChI=1S/C18H23NOS/c1-20-17-10-5-4-8-15(17)14-19-12-6-2-3-9-16(19)18-11-7-13-21-18/h4-5,7-8,10-11,13,16H,2-3,6,9,12,14H2,1H3. The molecule has 1 atom stereocenters. The van der Waals surface area contributed by atoms with Gasteiger partial charge in [-0.1, -0.05) is 37.1 Å². The fourth-order valence-corrected chi connectivity index (χ4v) is 4.11. The van der Waals surface area contributed by atoms with E-state index in [2.05, 4.69) is 40.6 Å². The summed E-state index contributed by atoms with van der Waals surface area (Å²) in [5.41, 5.74) is 1.29. The Labute approximate surface area is 131 Å². The van der Waals surface area contributed by atoms with Crippen LogP contribution in [0, 0.1) is 0 Å². The van der Waals surface area contributed by atoms with Gasteiger partial charge in [0.05, 0.1) is 7.11 Å². The van der Waals surface area contributed by atoms with E-state index in [0.29, 0.717) is 6.04 Å². The first-order chi connectivity index (χ1) is 10.4. The van der Waals surface area contributed by atoms with Crippen LogP contribution in [-0.2, 0) is 6.54 Å². The third-order valence-electron chi connectivity index (χ3n) is 4.30. The van der Waals surface area contributed by atoms with Gasteiger partial charge in [0.2, 0.25) is 0 Å². The van der Waals surface area contributed by atoms with E-state index in [-0.39, 0.29) is 0 Å². The quantitative estimate of drug-likeness (QED) is 0.798. The summed E-state index contributed by atoms with van der Waals surface area (Å²) in [6.45, 7) is 2.16. The molecule has 0 radical (unpaired) electrons. The van der Waals surface area contributed by atoms with Crippen LogP contribution in [0.5, 0.6) is 5.75 Å². The highest BCUT2D eigenvalue weighted by Gasteiger charge is 2.24. The predicted octanol–water partition coefficient (Wildman–Crippen LogP) is 4.87. The predicted molar refractivity (Wildman–Crippen MR) is 88.9 cm³/mol. The first-order valence-electron chi connectivity index (χ1n) is 7.78. The van der Waals surface area contributed by atoms with Crippen molar-refractivity contribution in [1.29, 1.82) is 0 Å². The Morgan fingerprint density at radius 2 is 2.05 bits per heavy atom. The Hall–Kier alpha value is -1.32. The average molecular weight is 301 g/mol. The van der Waals surface area contributed by atoms with Crippen molar-refractivity contribution in [2.45, 2.75) is 38.3 Å². The fraction of sp³-hybridized carbons (Fsp3) is 0.444. The van der Waals surface area contributed by atoms with Gasteiger partial charge in [0, 0.05) is 23.0 Å². The molecule has 21 heavy (non-hydrogen) atoms. The SMILES string of the molecule is COc1ccccc1CN1CCCCCC1c1cccs1. The number of likely N-dealkylation sites (tertiary alicyclic amines) is 1. The van der Waals surface area contributed by atoms with Crippen LogP contribution in [0.3, 0.4) is 0 Å². The second kappa shape index (κ2) is 7.10. The van der Waals surface area contributed by atoms with E-state index < -0.39 is 0 Å². The molecule has 3 heteroatoms. The third kappa shape index (κ3) is 3.47. The second-order valence-electron chi connectivity index (χ2n) is 5.66. The van der Waals surface area contributed by atoms with Crippen molar-refractivity contribution < 1.29 is 4.74 Å². The van der Waals surface area contributed by atoms with Crippen LogP contribution in [0.2, 0.25) is 0 Å². The van der Waals surface area contributed by atoms with Gasteiger partial charge < -0.3 is 4.74 Å². The van der Waals surface area contributed by atoms with E-state index in [1.54, 1.807) is 7.11 Å². The number of ether oxygens (including phenoxy) is 1. The molecule has 112 valence electrons. The molecule has 1 aliphatic heterocycles. The Kier molecular flexibility index (Phi) is 4.94. The van der Waals surface area contributed by atoms with Crippen molar-refractivity contribution in [1.82, 2.24) is 4.90 Å². The van der Waals surface area contributed by atoms with Crippen molar-refractivity contribution in [2.24, 2.45) is 0 Å². The van der Waals surface area contributed by atoms with Crippen LogP contribution in [0.1, 0.15) is 42.2 Å². The molecule has 0 aliphatic carbocycles. The van der Waals surface area contributed by atoms with Crippen molar-refractivity contribution in [2.75, 3.05) is 13.7 Å². The number of hydrogen-bond donors (Lipinski definition) is 0. The number of benzene rings is 1. The van der Waals surface area contributed by atoms with E-state index in [0.717, 1.165) is 12.3 Å². The molecule has 0 amide bonds. The van der Waals surface area contributed by atoms with E-state index in [1.807, 2.05) is 17.4 Å². The molecule has 1 saturated heterocycles. The normalized spacial score (nSPS) is 20.1. The van der Waals surface area contributed by atoms with Crippen LogP contribution in [0.25, 0.3) is 0 Å². The lowest BCUT2D eigenvalue weighted by Gasteiger charge is -2.29. The summed E-state index contributed by atoms with van der Waals surface area (Å²) in [7, 11) is 1.76. The number of thiophene rings is 1. The molecule has 0 saturated carbocycles. The molecule has 0 N–H and O–H groups in total. The topological polar surface area (TPSA) is 12.5 Å². The van der Waals surface area contributed by atoms with E-state index in [4.69, 9.17) is 4.74 Å². The number of nitrogens with zero attached hydrogens (tertiary/aromatic N) is 1. The molecule has 2 heterocycles. The largest absolute Gasteiger partial charge is 0.496 e. The molecule has 1 aliphatic rings. The highest BCUT2D eigenvalue weighted by Crippen LogP contribution is 2.34. The summed E-state index contributed by atoms with van der Waals surface area (Å²) < 4.78 is 5.52. The second-order valence-corrected chi connectivity index (χ2v) is 6.64. The maximum absolute atomic E-state index is 5.52. The van der Waals surface area contributed by atoms with Gasteiger partial charge in [-0.05, 0) is 36.9 Å². The molecule has 0 spiro atoms. The first-order valence-corrected chi connectivity index (χ1v) is 8.66. The van der Waals surface area contributed by atoms with Crippen LogP contribution >= 0.6 is 11.3 Å². The molecule has 1 aromatic carbocycles. The lowest BCUT2D eigenvalue weighted by molar-refractivity contribution is 0.193. The monoisotopic (exact) mass is 301 g/mol. The summed E-state index contributed by atoms with van der Waals surface area (Å²) >= 11 is 1.89. The number of hydrogen-bond acceptors (Lipinski definition) is 3. The van der Waals surface area contributed by atoms with E-state index >= 15 is 0 Å². The third-order valence-corrected chi connectivity index (χ3v) is 5.27. The molecule has 2 aromatic rings. The van der Waals surface area contributed by atoms with Gasteiger partial charge in [-0.15, -0.1) is 11.3 Å². The zero-order valence-electron chi connectivity index (χ0n) is 12.6. The van der Waals surface area contributed by atoms with Gasteiger partial charge in [0.25, 0.3) is 0 Å². The van der Waals surface area contributed by atoms with Gasteiger partial charge >= 0.3 is 0 Å². The van der Waals surface area contributed by atoms with Gasteiger partial charge in [-0.3, -0.25) is 4.90 Å². The maximum Gasteiger partial charge on any atom is 0.123 e. The lowest BCUT2D eigenvalue weighted by Crippen LogP contribution is -2.27. The highest BCUT2D eigenvalue weighted by atomic mass is 32.1. The Balaban J connectivity index is 1.83. The summed E-state index contributed by atoms with van der Waals surface area (Å²) in [6, 6.07) is 13.4. The minimum Gasteiger partial charge on any atom is -0.496 e. The number of rotatable bonds is 4. The first kappa shape index (κ1) is 14.6. The van der Waals surface area contributed by atoms with Gasteiger partial charge in [-0.25, -0.2) is 0 Å². The van der Waals surface area contributed by atoms with Crippen molar-refractivity contribution in [3.63, 3.8) is 0 Å². The summed E-state index contributed by atoms with van der Waals surface area (Å²) in [4.78, 5) is 4.14. The molecule has 3 rings (SSSR count).